The Morgan fingerprint density at radius 1 is 1.10 bits per heavy atom. The van der Waals surface area contributed by atoms with Crippen molar-refractivity contribution in [3.63, 3.8) is 0 Å². The molecule has 150 valence electrons. The van der Waals surface area contributed by atoms with Crippen molar-refractivity contribution in [3.05, 3.63) is 75.2 Å². The van der Waals surface area contributed by atoms with E-state index < -0.39 is 5.97 Å². The van der Waals surface area contributed by atoms with Gasteiger partial charge < -0.3 is 9.30 Å². The number of carbonyl (C=O) groups is 2. The Hall–Kier alpha value is -2.28. The normalized spacial score (nSPS) is 10.8. The minimum absolute atomic E-state index is 0.285. The molecular formula is C21H18Cl2N2O3S. The summed E-state index contributed by atoms with van der Waals surface area (Å²) in [6.07, 6.45) is 3.42. The average molecular weight is 449 g/mol. The molecule has 0 amide bonds. The Bertz CT molecular complexity index is 1100. The van der Waals surface area contributed by atoms with Crippen LogP contribution in [0.4, 0.5) is 0 Å². The third-order valence-corrected chi connectivity index (χ3v) is 5.86. The molecule has 29 heavy (non-hydrogen) atoms. The number of aryl methyl sites for hydroxylation is 1. The molecular weight excluding hydrogens is 431 g/mol. The molecule has 1 aromatic carbocycles. The van der Waals surface area contributed by atoms with Crippen LogP contribution in [0.1, 0.15) is 32.1 Å². The molecule has 2 heterocycles. The zero-order valence-corrected chi connectivity index (χ0v) is 18.4. The van der Waals surface area contributed by atoms with Crippen molar-refractivity contribution in [2.24, 2.45) is 0 Å². The SMILES string of the molecule is CSc1ncccc1C(=O)OCC(=O)c1cc(C)n(-c2ccc(Cl)c(Cl)c2)c1C. The van der Waals surface area contributed by atoms with E-state index >= 15 is 0 Å². The summed E-state index contributed by atoms with van der Waals surface area (Å²) in [6.45, 7) is 3.36. The molecule has 0 aliphatic heterocycles. The zero-order chi connectivity index (χ0) is 21.1. The molecule has 0 radical (unpaired) electrons. The van der Waals surface area contributed by atoms with Crippen LogP contribution in [-0.2, 0) is 4.74 Å². The van der Waals surface area contributed by atoms with Crippen molar-refractivity contribution < 1.29 is 14.3 Å². The standard InChI is InChI=1S/C21H18Cl2N2O3S/c1-12-9-16(13(2)25(12)14-6-7-17(22)18(23)10-14)19(26)11-28-21(27)15-5-4-8-24-20(15)29-3/h4-10H,11H2,1-3H3. The van der Waals surface area contributed by atoms with Crippen molar-refractivity contribution >= 4 is 46.7 Å². The summed E-state index contributed by atoms with van der Waals surface area (Å²) in [4.78, 5) is 29.2. The molecule has 0 bridgehead atoms. The minimum atomic E-state index is -0.575. The van der Waals surface area contributed by atoms with Gasteiger partial charge in [-0.1, -0.05) is 23.2 Å². The van der Waals surface area contributed by atoms with E-state index in [0.717, 1.165) is 17.1 Å². The van der Waals surface area contributed by atoms with Gasteiger partial charge in [0.2, 0.25) is 5.78 Å². The molecule has 3 rings (SSSR count). The number of thioether (sulfide) groups is 1. The summed E-state index contributed by atoms with van der Waals surface area (Å²) >= 11 is 13.5. The predicted octanol–water partition coefficient (Wildman–Crippen LogP) is 5.56. The smallest absolute Gasteiger partial charge is 0.341 e. The first-order valence-corrected chi connectivity index (χ1v) is 10.6. The maximum atomic E-state index is 12.7. The Kier molecular flexibility index (Phi) is 6.67. The topological polar surface area (TPSA) is 61.2 Å². The van der Waals surface area contributed by atoms with Crippen LogP contribution in [0.2, 0.25) is 10.0 Å². The molecule has 0 unspecified atom stereocenters. The molecule has 5 nitrogen and oxygen atoms in total. The van der Waals surface area contributed by atoms with E-state index in [1.165, 1.54) is 11.8 Å². The maximum absolute atomic E-state index is 12.7. The van der Waals surface area contributed by atoms with Gasteiger partial charge in [-0.2, -0.15) is 0 Å². The lowest BCUT2D eigenvalue weighted by Gasteiger charge is -2.11. The van der Waals surface area contributed by atoms with E-state index in [9.17, 15) is 9.59 Å². The van der Waals surface area contributed by atoms with Crippen LogP contribution in [0.3, 0.4) is 0 Å². The number of esters is 1. The van der Waals surface area contributed by atoms with Gasteiger partial charge in [0, 0.05) is 28.8 Å². The van der Waals surface area contributed by atoms with Gasteiger partial charge in [0.25, 0.3) is 0 Å². The Labute approximate surface area is 183 Å². The van der Waals surface area contributed by atoms with Crippen LogP contribution in [-0.4, -0.2) is 34.2 Å². The highest BCUT2D eigenvalue weighted by molar-refractivity contribution is 7.98. The second-order valence-corrected chi connectivity index (χ2v) is 7.89. The van der Waals surface area contributed by atoms with E-state index in [2.05, 4.69) is 4.98 Å². The van der Waals surface area contributed by atoms with Gasteiger partial charge in [-0.15, -0.1) is 11.8 Å². The number of Topliss-reactive ketones (excluding diaryl/α,β-unsaturated/α-hetero) is 1. The van der Waals surface area contributed by atoms with Crippen LogP contribution in [0.15, 0.2) is 47.6 Å². The van der Waals surface area contributed by atoms with Crippen LogP contribution in [0.25, 0.3) is 5.69 Å². The largest absolute Gasteiger partial charge is 0.454 e. The lowest BCUT2D eigenvalue weighted by molar-refractivity contribution is 0.0470. The van der Waals surface area contributed by atoms with E-state index in [1.54, 1.807) is 36.5 Å². The number of nitrogens with zero attached hydrogens (tertiary/aromatic N) is 2. The molecule has 0 aliphatic carbocycles. The first-order chi connectivity index (χ1) is 13.8. The Balaban J connectivity index is 1.80. The van der Waals surface area contributed by atoms with Crippen LogP contribution in [0, 0.1) is 13.8 Å². The molecule has 8 heteroatoms. The highest BCUT2D eigenvalue weighted by Gasteiger charge is 2.20. The molecule has 0 saturated carbocycles. The van der Waals surface area contributed by atoms with Crippen LogP contribution in [0.5, 0.6) is 0 Å². The van der Waals surface area contributed by atoms with E-state index in [-0.39, 0.29) is 12.4 Å². The van der Waals surface area contributed by atoms with Gasteiger partial charge in [-0.25, -0.2) is 9.78 Å². The average Bonchev–Trinajstić information content (AvgIpc) is 3.02. The Morgan fingerprint density at radius 2 is 1.86 bits per heavy atom. The number of halogens is 2. The van der Waals surface area contributed by atoms with Crippen molar-refractivity contribution in [2.75, 3.05) is 12.9 Å². The van der Waals surface area contributed by atoms with Gasteiger partial charge in [0.1, 0.15) is 5.03 Å². The highest BCUT2D eigenvalue weighted by Crippen LogP contribution is 2.28. The number of ketones is 1. The molecule has 0 aliphatic rings. The third kappa shape index (κ3) is 4.50. The zero-order valence-electron chi connectivity index (χ0n) is 16.0. The number of hydrogen-bond donors (Lipinski definition) is 0. The first-order valence-electron chi connectivity index (χ1n) is 8.67. The monoisotopic (exact) mass is 448 g/mol. The fraction of sp³-hybridized carbons (Fsp3) is 0.190. The molecule has 0 atom stereocenters. The van der Waals surface area contributed by atoms with Crippen molar-refractivity contribution in [1.29, 1.82) is 0 Å². The number of aromatic nitrogens is 2. The van der Waals surface area contributed by atoms with Gasteiger partial charge in [-0.05, 0) is 56.5 Å². The summed E-state index contributed by atoms with van der Waals surface area (Å²) in [5, 5.41) is 1.45. The molecule has 0 spiro atoms. The molecule has 0 N–H and O–H groups in total. The third-order valence-electron chi connectivity index (χ3n) is 4.41. The number of benzene rings is 1. The number of ether oxygens (including phenoxy) is 1. The summed E-state index contributed by atoms with van der Waals surface area (Å²) in [6, 6.07) is 10.3. The van der Waals surface area contributed by atoms with Gasteiger partial charge in [-0.3, -0.25) is 4.79 Å². The van der Waals surface area contributed by atoms with E-state index in [4.69, 9.17) is 27.9 Å². The van der Waals surface area contributed by atoms with Crippen molar-refractivity contribution in [2.45, 2.75) is 18.9 Å². The van der Waals surface area contributed by atoms with Gasteiger partial charge >= 0.3 is 5.97 Å². The summed E-state index contributed by atoms with van der Waals surface area (Å²) < 4.78 is 7.15. The van der Waals surface area contributed by atoms with E-state index in [0.29, 0.717) is 26.2 Å². The number of pyridine rings is 1. The van der Waals surface area contributed by atoms with Crippen LogP contribution < -0.4 is 0 Å². The molecule has 2 aromatic heterocycles. The van der Waals surface area contributed by atoms with Crippen molar-refractivity contribution in [3.8, 4) is 5.69 Å². The quantitative estimate of drug-likeness (QED) is 0.280. The van der Waals surface area contributed by atoms with Gasteiger partial charge in [0.05, 0.1) is 15.6 Å². The number of rotatable bonds is 6. The minimum Gasteiger partial charge on any atom is -0.454 e. The molecule has 3 aromatic rings. The van der Waals surface area contributed by atoms with Crippen LogP contribution >= 0.6 is 35.0 Å². The fourth-order valence-electron chi connectivity index (χ4n) is 3.06. The fourth-order valence-corrected chi connectivity index (χ4v) is 3.89. The Morgan fingerprint density at radius 3 is 2.55 bits per heavy atom. The molecule has 0 fully saturated rings. The number of hydrogen-bond acceptors (Lipinski definition) is 5. The first kappa shape index (κ1) is 21.4. The summed E-state index contributed by atoms with van der Waals surface area (Å²) in [7, 11) is 0. The molecule has 0 saturated heterocycles. The maximum Gasteiger partial charge on any atom is 0.341 e. The lowest BCUT2D eigenvalue weighted by atomic mass is 10.1. The summed E-state index contributed by atoms with van der Waals surface area (Å²) in [5.41, 5.74) is 3.21. The highest BCUT2D eigenvalue weighted by atomic mass is 35.5. The summed E-state index contributed by atoms with van der Waals surface area (Å²) in [5.74, 6) is -0.860. The predicted molar refractivity (Wildman–Crippen MR) is 116 cm³/mol. The lowest BCUT2D eigenvalue weighted by Crippen LogP contribution is -2.15. The van der Waals surface area contributed by atoms with E-state index in [1.807, 2.05) is 30.7 Å². The van der Waals surface area contributed by atoms with Crippen molar-refractivity contribution in [1.82, 2.24) is 9.55 Å². The number of carbonyl (C=O) groups excluding carboxylic acids is 2. The second-order valence-electron chi connectivity index (χ2n) is 6.28. The van der Waals surface area contributed by atoms with Gasteiger partial charge in [0.15, 0.2) is 6.61 Å². The second kappa shape index (κ2) is 9.03.